The monoisotopic (exact) mass is 213 g/mol. The minimum atomic E-state index is -0.868. The quantitative estimate of drug-likeness (QED) is 0.716. The van der Waals surface area contributed by atoms with Crippen molar-refractivity contribution < 1.29 is 9.53 Å². The average molecular weight is 213 g/mol. The van der Waals surface area contributed by atoms with E-state index in [4.69, 9.17) is 10.5 Å². The number of carbonyl (C=O) groups is 1. The van der Waals surface area contributed by atoms with Crippen molar-refractivity contribution in [1.29, 1.82) is 0 Å². The topological polar surface area (TPSA) is 52.3 Å². The third-order valence-corrected chi connectivity index (χ3v) is 3.09. The summed E-state index contributed by atoms with van der Waals surface area (Å²) in [5.41, 5.74) is 5.21. The largest absolute Gasteiger partial charge is 0.461 e. The summed E-state index contributed by atoms with van der Waals surface area (Å²) in [5.74, 6) is -0.285. The summed E-state index contributed by atoms with van der Waals surface area (Å²) < 4.78 is 5.39. The smallest absolute Gasteiger partial charge is 0.325 e. The van der Waals surface area contributed by atoms with Gasteiger partial charge in [0.05, 0.1) is 0 Å². The predicted molar refractivity (Wildman–Crippen MR) is 60.4 cm³/mol. The number of hydrogen-bond acceptors (Lipinski definition) is 3. The zero-order chi connectivity index (χ0) is 11.7. The number of nitrogens with two attached hydrogens (primary N) is 1. The molecule has 0 bridgehead atoms. The number of hydrogen-bond donors (Lipinski definition) is 1. The Balaban J connectivity index is 2.40. The van der Waals surface area contributed by atoms with Gasteiger partial charge in [0.25, 0.3) is 0 Å². The Morgan fingerprint density at radius 3 is 2.20 bits per heavy atom. The van der Waals surface area contributed by atoms with Crippen molar-refractivity contribution in [3.8, 4) is 0 Å². The Hall–Kier alpha value is -0.570. The lowest BCUT2D eigenvalue weighted by Gasteiger charge is -2.34. The van der Waals surface area contributed by atoms with Gasteiger partial charge in [0.15, 0.2) is 0 Å². The van der Waals surface area contributed by atoms with E-state index in [0.29, 0.717) is 5.41 Å². The van der Waals surface area contributed by atoms with Crippen LogP contribution < -0.4 is 5.73 Å². The molecule has 0 heterocycles. The minimum absolute atomic E-state index is 0.0772. The van der Waals surface area contributed by atoms with Crippen LogP contribution in [-0.2, 0) is 9.53 Å². The molecule has 0 radical (unpaired) electrons. The number of esters is 1. The van der Waals surface area contributed by atoms with Crippen LogP contribution in [0.1, 0.15) is 53.4 Å². The summed E-state index contributed by atoms with van der Waals surface area (Å²) in [7, 11) is 0. The van der Waals surface area contributed by atoms with Gasteiger partial charge in [-0.05, 0) is 44.9 Å². The Morgan fingerprint density at radius 2 is 1.80 bits per heavy atom. The van der Waals surface area contributed by atoms with E-state index in [1.54, 1.807) is 13.8 Å². The summed E-state index contributed by atoms with van der Waals surface area (Å²) in [5, 5.41) is 0. The van der Waals surface area contributed by atoms with Crippen molar-refractivity contribution in [2.75, 3.05) is 0 Å². The summed E-state index contributed by atoms with van der Waals surface area (Å²) >= 11 is 0. The molecule has 0 amide bonds. The molecule has 0 aromatic heterocycles. The van der Waals surface area contributed by atoms with E-state index >= 15 is 0 Å². The zero-order valence-electron chi connectivity index (χ0n) is 10.3. The molecule has 0 spiro atoms. The molecule has 0 aromatic carbocycles. The lowest BCUT2D eigenvalue weighted by Crippen LogP contribution is -2.45. The first-order valence-corrected chi connectivity index (χ1v) is 5.71. The molecule has 0 aromatic rings. The second-order valence-electron chi connectivity index (χ2n) is 5.99. The van der Waals surface area contributed by atoms with Crippen molar-refractivity contribution in [3.63, 3.8) is 0 Å². The van der Waals surface area contributed by atoms with E-state index in [9.17, 15) is 4.79 Å². The molecule has 0 aliphatic heterocycles. The van der Waals surface area contributed by atoms with Crippen molar-refractivity contribution in [2.45, 2.75) is 65.0 Å². The number of carbonyl (C=O) groups excluding carboxylic acids is 1. The van der Waals surface area contributed by atoms with E-state index < -0.39 is 5.54 Å². The van der Waals surface area contributed by atoms with Crippen molar-refractivity contribution in [1.82, 2.24) is 0 Å². The van der Waals surface area contributed by atoms with Crippen LogP contribution in [0, 0.1) is 5.41 Å². The van der Waals surface area contributed by atoms with Gasteiger partial charge in [0.2, 0.25) is 0 Å². The summed E-state index contributed by atoms with van der Waals surface area (Å²) in [6.45, 7) is 7.89. The summed E-state index contributed by atoms with van der Waals surface area (Å²) in [6.07, 6.45) is 4.25. The lowest BCUT2D eigenvalue weighted by atomic mass is 9.76. The van der Waals surface area contributed by atoms with Crippen molar-refractivity contribution in [2.24, 2.45) is 11.1 Å². The maximum absolute atomic E-state index is 11.5. The van der Waals surface area contributed by atoms with Gasteiger partial charge in [-0.3, -0.25) is 4.79 Å². The first-order valence-electron chi connectivity index (χ1n) is 5.71. The Morgan fingerprint density at radius 1 is 1.33 bits per heavy atom. The van der Waals surface area contributed by atoms with Crippen molar-refractivity contribution >= 4 is 5.97 Å². The van der Waals surface area contributed by atoms with Crippen LogP contribution in [0.25, 0.3) is 0 Å². The molecule has 1 saturated carbocycles. The minimum Gasteiger partial charge on any atom is -0.461 e. The highest BCUT2D eigenvalue weighted by Gasteiger charge is 2.32. The third kappa shape index (κ3) is 3.82. The maximum Gasteiger partial charge on any atom is 0.325 e. The van der Waals surface area contributed by atoms with Gasteiger partial charge in [0, 0.05) is 0 Å². The second-order valence-corrected chi connectivity index (χ2v) is 5.99. The van der Waals surface area contributed by atoms with Crippen LogP contribution >= 0.6 is 0 Å². The molecule has 15 heavy (non-hydrogen) atoms. The van der Waals surface area contributed by atoms with Gasteiger partial charge in [0.1, 0.15) is 11.6 Å². The van der Waals surface area contributed by atoms with E-state index in [1.165, 1.54) is 0 Å². The Bertz CT molecular complexity index is 230. The van der Waals surface area contributed by atoms with Gasteiger partial charge in [-0.1, -0.05) is 13.8 Å². The standard InChI is InChI=1S/C12H23NO2/c1-11(2)7-5-9(6-8-11)15-10(14)12(3,4)13/h9H,5-8,13H2,1-4H3. The molecule has 1 fully saturated rings. The first kappa shape index (κ1) is 12.5. The number of ether oxygens (including phenoxy) is 1. The maximum atomic E-state index is 11.5. The fraction of sp³-hybridized carbons (Fsp3) is 0.917. The van der Waals surface area contributed by atoms with Crippen molar-refractivity contribution in [3.05, 3.63) is 0 Å². The van der Waals surface area contributed by atoms with Crippen LogP contribution in [0.4, 0.5) is 0 Å². The molecule has 88 valence electrons. The molecular formula is C12H23NO2. The normalized spacial score (nSPS) is 22.5. The van der Waals surface area contributed by atoms with Crippen LogP contribution in [0.3, 0.4) is 0 Å². The van der Waals surface area contributed by atoms with Gasteiger partial charge in [-0.25, -0.2) is 0 Å². The van der Waals surface area contributed by atoms with E-state index in [1.807, 2.05) is 0 Å². The molecule has 1 aliphatic carbocycles. The highest BCUT2D eigenvalue weighted by molar-refractivity contribution is 5.79. The fourth-order valence-corrected chi connectivity index (χ4v) is 1.79. The predicted octanol–water partition coefficient (Wildman–Crippen LogP) is 2.24. The van der Waals surface area contributed by atoms with Crippen LogP contribution in [-0.4, -0.2) is 17.6 Å². The molecule has 1 rings (SSSR count). The first-order chi connectivity index (χ1) is 6.71. The summed E-state index contributed by atoms with van der Waals surface area (Å²) in [4.78, 5) is 11.5. The van der Waals surface area contributed by atoms with Crippen LogP contribution in [0.15, 0.2) is 0 Å². The molecule has 0 unspecified atom stereocenters. The molecule has 1 aliphatic rings. The average Bonchev–Trinajstić information content (AvgIpc) is 2.07. The molecule has 0 atom stereocenters. The van der Waals surface area contributed by atoms with Crippen LogP contribution in [0.5, 0.6) is 0 Å². The van der Waals surface area contributed by atoms with E-state index in [0.717, 1.165) is 25.7 Å². The Labute approximate surface area is 92.4 Å². The van der Waals surface area contributed by atoms with Gasteiger partial charge >= 0.3 is 5.97 Å². The molecule has 3 nitrogen and oxygen atoms in total. The van der Waals surface area contributed by atoms with Crippen LogP contribution in [0.2, 0.25) is 0 Å². The lowest BCUT2D eigenvalue weighted by molar-refractivity contribution is -0.156. The highest BCUT2D eigenvalue weighted by Crippen LogP contribution is 2.36. The zero-order valence-corrected chi connectivity index (χ0v) is 10.3. The van der Waals surface area contributed by atoms with E-state index in [2.05, 4.69) is 13.8 Å². The molecular weight excluding hydrogens is 190 g/mol. The van der Waals surface area contributed by atoms with Gasteiger partial charge in [-0.2, -0.15) is 0 Å². The SMILES string of the molecule is CC1(C)CCC(OC(=O)C(C)(C)N)CC1. The van der Waals surface area contributed by atoms with Gasteiger partial charge in [-0.15, -0.1) is 0 Å². The molecule has 3 heteroatoms. The highest BCUT2D eigenvalue weighted by atomic mass is 16.5. The molecule has 2 N–H and O–H groups in total. The molecule has 0 saturated heterocycles. The second kappa shape index (κ2) is 4.12. The fourth-order valence-electron chi connectivity index (χ4n) is 1.79. The van der Waals surface area contributed by atoms with E-state index in [-0.39, 0.29) is 12.1 Å². The number of rotatable bonds is 2. The third-order valence-electron chi connectivity index (χ3n) is 3.09. The Kier molecular flexibility index (Phi) is 3.44. The summed E-state index contributed by atoms with van der Waals surface area (Å²) in [6, 6.07) is 0. The van der Waals surface area contributed by atoms with Gasteiger partial charge < -0.3 is 10.5 Å².